The van der Waals surface area contributed by atoms with E-state index in [2.05, 4.69) is 34.8 Å². The first-order valence-electron chi connectivity index (χ1n) is 13.3. The summed E-state index contributed by atoms with van der Waals surface area (Å²) < 4.78 is 0. The van der Waals surface area contributed by atoms with Gasteiger partial charge in [-0.2, -0.15) is 0 Å². The molecule has 0 fully saturated rings. The number of carbonyl (C=O) groups excluding carboxylic acids is 3. The van der Waals surface area contributed by atoms with E-state index in [1.165, 1.54) is 28.7 Å². The minimum atomic E-state index is -0.460. The number of anilines is 2. The van der Waals surface area contributed by atoms with Crippen molar-refractivity contribution >= 4 is 57.7 Å². The van der Waals surface area contributed by atoms with Crippen LogP contribution in [0.2, 0.25) is 0 Å². The average Bonchev–Trinajstić information content (AvgIpc) is 3.49. The van der Waals surface area contributed by atoms with E-state index in [0.717, 1.165) is 10.5 Å². The van der Waals surface area contributed by atoms with Gasteiger partial charge >= 0.3 is 0 Å². The number of hydrogen-bond acceptors (Lipinski definition) is 6. The number of nitrogens with zero attached hydrogens (tertiary/aromatic N) is 1. The molecule has 0 aliphatic heterocycles. The molecule has 0 bridgehead atoms. The molecule has 1 aromatic heterocycles. The number of nitrogens with one attached hydrogen (secondary N) is 3. The predicted octanol–water partition coefficient (Wildman–Crippen LogP) is 7.19. The van der Waals surface area contributed by atoms with Gasteiger partial charge in [-0.25, -0.2) is 4.98 Å². The van der Waals surface area contributed by atoms with Crippen molar-refractivity contribution in [3.05, 3.63) is 113 Å². The first-order valence-corrected chi connectivity index (χ1v) is 15.0. The first kappa shape index (κ1) is 29.8. The Hall–Kier alpha value is -4.21. The Morgan fingerprint density at radius 2 is 1.71 bits per heavy atom. The minimum Gasteiger partial charge on any atom is -0.321 e. The van der Waals surface area contributed by atoms with E-state index >= 15 is 0 Å². The van der Waals surface area contributed by atoms with Crippen molar-refractivity contribution in [2.75, 3.05) is 10.6 Å². The SMILES string of the molecule is CCC(Sc1cccc(NC(=O)/C(=C\c2ccc(C(C)C)cc2)NC(=O)c2ccccc2)c1)C(=O)Nc1nccs1. The zero-order valence-electron chi connectivity index (χ0n) is 23.1. The van der Waals surface area contributed by atoms with Gasteiger partial charge in [0.25, 0.3) is 11.8 Å². The smallest absolute Gasteiger partial charge is 0.272 e. The molecule has 4 aromatic rings. The fourth-order valence-electron chi connectivity index (χ4n) is 3.89. The molecule has 1 heterocycles. The van der Waals surface area contributed by atoms with Gasteiger partial charge in [-0.3, -0.25) is 14.4 Å². The number of thioether (sulfide) groups is 1. The van der Waals surface area contributed by atoms with Gasteiger partial charge in [-0.05, 0) is 59.9 Å². The lowest BCUT2D eigenvalue weighted by molar-refractivity contribution is -0.116. The molecule has 9 heteroatoms. The van der Waals surface area contributed by atoms with Crippen LogP contribution in [-0.4, -0.2) is 28.0 Å². The number of aromatic nitrogens is 1. The summed E-state index contributed by atoms with van der Waals surface area (Å²) in [4.78, 5) is 44.1. The molecule has 41 heavy (non-hydrogen) atoms. The fourth-order valence-corrected chi connectivity index (χ4v) is 5.43. The quantitative estimate of drug-likeness (QED) is 0.128. The molecular weight excluding hydrogens is 553 g/mol. The van der Waals surface area contributed by atoms with Gasteiger partial charge in [0.05, 0.1) is 5.25 Å². The maximum Gasteiger partial charge on any atom is 0.272 e. The van der Waals surface area contributed by atoms with Gasteiger partial charge in [0, 0.05) is 27.7 Å². The van der Waals surface area contributed by atoms with Gasteiger partial charge in [-0.15, -0.1) is 23.1 Å². The summed E-state index contributed by atoms with van der Waals surface area (Å²) >= 11 is 2.78. The number of benzene rings is 3. The molecule has 0 aliphatic rings. The van der Waals surface area contributed by atoms with Crippen molar-refractivity contribution in [2.45, 2.75) is 43.3 Å². The second-order valence-electron chi connectivity index (χ2n) is 9.52. The Balaban J connectivity index is 1.52. The Labute approximate surface area is 248 Å². The highest BCUT2D eigenvalue weighted by Crippen LogP contribution is 2.29. The third kappa shape index (κ3) is 8.64. The monoisotopic (exact) mass is 584 g/mol. The summed E-state index contributed by atoms with van der Waals surface area (Å²) in [6.45, 7) is 6.18. The highest BCUT2D eigenvalue weighted by Gasteiger charge is 2.20. The normalized spacial score (nSPS) is 12.0. The van der Waals surface area contributed by atoms with Gasteiger partial charge < -0.3 is 16.0 Å². The summed E-state index contributed by atoms with van der Waals surface area (Å²) in [6.07, 6.45) is 3.92. The maximum atomic E-state index is 13.5. The van der Waals surface area contributed by atoms with E-state index in [-0.39, 0.29) is 22.8 Å². The van der Waals surface area contributed by atoms with Crippen LogP contribution in [0.25, 0.3) is 6.08 Å². The molecule has 3 amide bonds. The molecule has 0 aliphatic carbocycles. The third-order valence-corrected chi connectivity index (χ3v) is 8.19. The lowest BCUT2D eigenvalue weighted by atomic mass is 10.0. The van der Waals surface area contributed by atoms with Crippen LogP contribution in [0, 0.1) is 0 Å². The van der Waals surface area contributed by atoms with Crippen LogP contribution in [0.1, 0.15) is 54.6 Å². The number of thiazole rings is 1. The zero-order chi connectivity index (χ0) is 29.2. The van der Waals surface area contributed by atoms with Crippen LogP contribution >= 0.6 is 23.1 Å². The molecule has 0 saturated carbocycles. The van der Waals surface area contributed by atoms with E-state index in [1.54, 1.807) is 42.6 Å². The van der Waals surface area contributed by atoms with Crippen LogP contribution in [-0.2, 0) is 9.59 Å². The van der Waals surface area contributed by atoms with Gasteiger partial charge in [0.2, 0.25) is 5.91 Å². The lowest BCUT2D eigenvalue weighted by Gasteiger charge is -2.15. The molecule has 3 aromatic carbocycles. The van der Waals surface area contributed by atoms with Crippen molar-refractivity contribution in [1.29, 1.82) is 0 Å². The van der Waals surface area contributed by atoms with Crippen LogP contribution in [0.3, 0.4) is 0 Å². The number of amides is 3. The molecule has 0 radical (unpaired) electrons. The standard InChI is InChI=1S/C32H32N4O3S2/c1-4-28(31(39)36-32-33-17-18-40-32)41-26-12-8-11-25(20-26)34-30(38)27(35-29(37)24-9-6-5-7-10-24)19-22-13-15-23(16-14-22)21(2)3/h5-21,28H,4H2,1-3H3,(H,34,38)(H,35,37)(H,33,36,39)/b27-19+. The number of hydrogen-bond donors (Lipinski definition) is 3. The molecule has 4 rings (SSSR count). The van der Waals surface area contributed by atoms with E-state index in [4.69, 9.17) is 0 Å². The molecular formula is C32H32N4O3S2. The molecule has 1 atom stereocenters. The summed E-state index contributed by atoms with van der Waals surface area (Å²) in [6, 6.07) is 23.9. The summed E-state index contributed by atoms with van der Waals surface area (Å²) in [7, 11) is 0. The van der Waals surface area contributed by atoms with E-state index in [0.29, 0.717) is 28.7 Å². The maximum absolute atomic E-state index is 13.5. The van der Waals surface area contributed by atoms with Gasteiger partial charge in [0.15, 0.2) is 5.13 Å². The Morgan fingerprint density at radius 3 is 2.37 bits per heavy atom. The molecule has 3 N–H and O–H groups in total. The number of rotatable bonds is 11. The molecule has 7 nitrogen and oxygen atoms in total. The topological polar surface area (TPSA) is 100 Å². The average molecular weight is 585 g/mol. The van der Waals surface area contributed by atoms with Crippen molar-refractivity contribution in [2.24, 2.45) is 0 Å². The minimum absolute atomic E-state index is 0.114. The van der Waals surface area contributed by atoms with Crippen molar-refractivity contribution in [3.63, 3.8) is 0 Å². The van der Waals surface area contributed by atoms with E-state index in [9.17, 15) is 14.4 Å². The highest BCUT2D eigenvalue weighted by atomic mass is 32.2. The Kier molecular flexibility index (Phi) is 10.5. The largest absolute Gasteiger partial charge is 0.321 e. The van der Waals surface area contributed by atoms with Crippen LogP contribution in [0.5, 0.6) is 0 Å². The summed E-state index contributed by atoms with van der Waals surface area (Å²) in [5.41, 5.74) is 3.07. The Morgan fingerprint density at radius 1 is 0.951 bits per heavy atom. The predicted molar refractivity (Wildman–Crippen MR) is 168 cm³/mol. The van der Waals surface area contributed by atoms with Crippen molar-refractivity contribution < 1.29 is 14.4 Å². The first-order chi connectivity index (χ1) is 19.8. The van der Waals surface area contributed by atoms with E-state index < -0.39 is 5.91 Å². The molecule has 1 unspecified atom stereocenters. The zero-order valence-corrected chi connectivity index (χ0v) is 24.7. The van der Waals surface area contributed by atoms with Gasteiger partial charge in [0.1, 0.15) is 5.70 Å². The number of carbonyl (C=O) groups is 3. The highest BCUT2D eigenvalue weighted by molar-refractivity contribution is 8.00. The third-order valence-electron chi connectivity index (χ3n) is 6.14. The fraction of sp³-hybridized carbons (Fsp3) is 0.188. The molecule has 0 spiro atoms. The summed E-state index contributed by atoms with van der Waals surface area (Å²) in [5.74, 6) is -0.589. The second kappa shape index (κ2) is 14.4. The van der Waals surface area contributed by atoms with Crippen LogP contribution in [0.15, 0.2) is 101 Å². The van der Waals surface area contributed by atoms with Gasteiger partial charge in [-0.1, -0.05) is 69.3 Å². The second-order valence-corrected chi connectivity index (χ2v) is 11.7. The summed E-state index contributed by atoms with van der Waals surface area (Å²) in [5, 5.41) is 10.6. The lowest BCUT2D eigenvalue weighted by Crippen LogP contribution is -2.30. The van der Waals surface area contributed by atoms with Crippen molar-refractivity contribution in [1.82, 2.24) is 10.3 Å². The van der Waals surface area contributed by atoms with Crippen LogP contribution < -0.4 is 16.0 Å². The Bertz CT molecular complexity index is 1500. The molecule has 0 saturated heterocycles. The van der Waals surface area contributed by atoms with Crippen molar-refractivity contribution in [3.8, 4) is 0 Å². The van der Waals surface area contributed by atoms with E-state index in [1.807, 2.05) is 60.8 Å². The van der Waals surface area contributed by atoms with Crippen LogP contribution in [0.4, 0.5) is 10.8 Å². The molecule has 210 valence electrons.